The van der Waals surface area contributed by atoms with Gasteiger partial charge in [-0.1, -0.05) is 140 Å². The van der Waals surface area contributed by atoms with Gasteiger partial charge in [-0.25, -0.2) is 4.98 Å². The zero-order valence-electron chi connectivity index (χ0n) is 34.6. The van der Waals surface area contributed by atoms with E-state index in [0.29, 0.717) is 0 Å². The summed E-state index contributed by atoms with van der Waals surface area (Å²) in [6, 6.07) is 81.3. The Morgan fingerprint density at radius 2 is 0.750 bits per heavy atom. The molecule has 0 bridgehead atoms. The van der Waals surface area contributed by atoms with Crippen LogP contribution < -0.4 is 0 Å². The van der Waals surface area contributed by atoms with Gasteiger partial charge in [0, 0.05) is 65.7 Å². The first-order valence-electron chi connectivity index (χ1n) is 21.9. The highest BCUT2D eigenvalue weighted by Gasteiger charge is 2.23. The topological polar surface area (TPSA) is 32.6 Å². The van der Waals surface area contributed by atoms with Crippen molar-refractivity contribution in [3.05, 3.63) is 224 Å². The van der Waals surface area contributed by atoms with Crippen molar-refractivity contribution in [1.82, 2.24) is 23.3 Å². The van der Waals surface area contributed by atoms with Crippen LogP contribution in [0.1, 0.15) is 0 Å². The van der Waals surface area contributed by atoms with Gasteiger partial charge in [-0.15, -0.1) is 0 Å². The Bertz CT molecular complexity index is 4180. The summed E-state index contributed by atoms with van der Waals surface area (Å²) in [6.45, 7) is 0. The Hall–Kier alpha value is -8.67. The lowest BCUT2D eigenvalue weighted by Gasteiger charge is -2.13. The van der Waals surface area contributed by atoms with E-state index in [-0.39, 0.29) is 0 Å². The molecule has 0 fully saturated rings. The molecule has 0 aliphatic heterocycles. The van der Waals surface area contributed by atoms with Crippen molar-refractivity contribution >= 4 is 87.2 Å². The Balaban J connectivity index is 1.01. The van der Waals surface area contributed by atoms with E-state index in [0.717, 1.165) is 50.7 Å². The molecule has 5 aromatic heterocycles. The number of hydrogen-bond donors (Lipinski definition) is 0. The lowest BCUT2D eigenvalue weighted by Crippen LogP contribution is -1.99. The van der Waals surface area contributed by atoms with Crippen LogP contribution in [0.4, 0.5) is 0 Å². The van der Waals surface area contributed by atoms with Crippen molar-refractivity contribution < 1.29 is 0 Å². The van der Waals surface area contributed by atoms with Crippen LogP contribution in [0.2, 0.25) is 0 Å². The van der Waals surface area contributed by atoms with Crippen molar-refractivity contribution in [1.29, 1.82) is 0 Å². The average Bonchev–Trinajstić information content (AvgIpc) is 4.08. The molecule has 0 aliphatic rings. The molecule has 0 atom stereocenters. The predicted octanol–water partition coefficient (Wildman–Crippen LogP) is 15.1. The molecule has 0 radical (unpaired) electrons. The summed E-state index contributed by atoms with van der Waals surface area (Å²) in [5, 5.41) is 9.78. The third-order valence-electron chi connectivity index (χ3n) is 13.3. The van der Waals surface area contributed by atoms with E-state index in [1.165, 1.54) is 70.7 Å². The molecule has 64 heavy (non-hydrogen) atoms. The van der Waals surface area contributed by atoms with E-state index < -0.39 is 0 Å². The Labute approximate surface area is 367 Å². The second-order valence-electron chi connectivity index (χ2n) is 16.8. The molecule has 0 spiro atoms. The summed E-state index contributed by atoms with van der Waals surface area (Å²) in [5.74, 6) is 0.899. The number of fused-ring (bicyclic) bond motifs is 13. The van der Waals surface area contributed by atoms with Gasteiger partial charge in [0.1, 0.15) is 5.82 Å². The van der Waals surface area contributed by atoms with Crippen LogP contribution in [0.3, 0.4) is 0 Å². The van der Waals surface area contributed by atoms with Gasteiger partial charge in [0.05, 0.1) is 49.8 Å². The van der Waals surface area contributed by atoms with Gasteiger partial charge in [0.15, 0.2) is 0 Å². The van der Waals surface area contributed by atoms with Crippen LogP contribution >= 0.6 is 0 Å². The van der Waals surface area contributed by atoms with E-state index >= 15 is 0 Å². The number of aromatic nitrogens is 5. The zero-order valence-corrected chi connectivity index (χ0v) is 34.6. The van der Waals surface area contributed by atoms with Crippen LogP contribution in [0.15, 0.2) is 224 Å². The van der Waals surface area contributed by atoms with E-state index in [1.54, 1.807) is 0 Å². The Morgan fingerprint density at radius 1 is 0.266 bits per heavy atom. The monoisotopic (exact) mass is 815 g/mol. The second-order valence-corrected chi connectivity index (χ2v) is 16.8. The van der Waals surface area contributed by atoms with E-state index in [9.17, 15) is 0 Å². The van der Waals surface area contributed by atoms with Crippen LogP contribution in [-0.2, 0) is 0 Å². The smallest absolute Gasteiger partial charge is 0.138 e. The van der Waals surface area contributed by atoms with Gasteiger partial charge < -0.3 is 13.7 Å². The van der Waals surface area contributed by atoms with Crippen molar-refractivity contribution in [2.24, 2.45) is 0 Å². The normalized spacial score (nSPS) is 12.1. The fraction of sp³-hybridized carbons (Fsp3) is 0. The molecule has 298 valence electrons. The predicted molar refractivity (Wildman–Crippen MR) is 267 cm³/mol. The minimum absolute atomic E-state index is 0.899. The molecule has 14 aromatic rings. The Kier molecular flexibility index (Phi) is 7.33. The lowest BCUT2D eigenvalue weighted by atomic mass is 10.1. The van der Waals surface area contributed by atoms with Gasteiger partial charge >= 0.3 is 0 Å². The van der Waals surface area contributed by atoms with Gasteiger partial charge in [-0.3, -0.25) is 4.57 Å². The first-order valence-corrected chi connectivity index (χ1v) is 21.9. The third-order valence-corrected chi connectivity index (χ3v) is 13.3. The minimum Gasteiger partial charge on any atom is -0.309 e. The maximum atomic E-state index is 5.26. The first-order chi connectivity index (χ1) is 31.8. The molecule has 0 saturated heterocycles. The second kappa shape index (κ2) is 13.4. The molecular formula is C59H37N5. The van der Waals surface area contributed by atoms with E-state index in [1.807, 2.05) is 6.07 Å². The third kappa shape index (κ3) is 4.92. The molecule has 9 aromatic carbocycles. The molecule has 5 nitrogen and oxygen atoms in total. The number of nitrogens with zero attached hydrogens (tertiary/aromatic N) is 5. The highest BCUT2D eigenvalue weighted by Crippen LogP contribution is 2.43. The molecule has 14 rings (SSSR count). The number of rotatable bonds is 5. The van der Waals surface area contributed by atoms with Gasteiger partial charge in [0.25, 0.3) is 0 Å². The van der Waals surface area contributed by atoms with Crippen LogP contribution in [0.25, 0.3) is 121 Å². The van der Waals surface area contributed by atoms with Crippen molar-refractivity contribution in [2.45, 2.75) is 0 Å². The number of hydrogen-bond acceptors (Lipinski definition) is 1. The maximum absolute atomic E-state index is 5.26. The molecule has 0 N–H and O–H groups in total. The Morgan fingerprint density at radius 3 is 1.42 bits per heavy atom. The number of pyridine rings is 1. The minimum atomic E-state index is 0.899. The fourth-order valence-electron chi connectivity index (χ4n) is 10.7. The SMILES string of the molecule is c1ccc(-c2cccc(-n3c4ccccc4c4cc5c(cc43)c3ccccc3n5-c3cccc(-n4c5ccccc5c5c4ccc4c6ccccc6n(-c6ccccc6)c45)c3)n2)cc1. The highest BCUT2D eigenvalue weighted by atomic mass is 15.1. The average molecular weight is 816 g/mol. The lowest BCUT2D eigenvalue weighted by molar-refractivity contribution is 1.08. The standard InChI is InChI=1S/C59H37N5/c1-3-17-38(18-4-1)49-27-16-32-57(60-49)64-52-30-13-9-25-44(52)48-36-55-47(37-56(48)64)43-24-8-11-28-50(43)62(55)41-22-15-21-40(35-41)61-53-31-14-10-26-46(53)58-54(61)34-33-45-42-23-7-12-29-51(42)63(59(45)58)39-19-5-2-6-20-39/h1-37H. The van der Waals surface area contributed by atoms with Gasteiger partial charge in [0.2, 0.25) is 0 Å². The van der Waals surface area contributed by atoms with E-state index in [4.69, 9.17) is 4.98 Å². The van der Waals surface area contributed by atoms with E-state index in [2.05, 4.69) is 237 Å². The van der Waals surface area contributed by atoms with Crippen molar-refractivity contribution in [3.8, 4) is 34.1 Å². The maximum Gasteiger partial charge on any atom is 0.138 e. The summed E-state index contributed by atoms with van der Waals surface area (Å²) in [5.41, 5.74) is 14.8. The summed E-state index contributed by atoms with van der Waals surface area (Å²) >= 11 is 0. The molecule has 0 saturated carbocycles. The van der Waals surface area contributed by atoms with Crippen molar-refractivity contribution in [2.75, 3.05) is 0 Å². The molecule has 0 unspecified atom stereocenters. The first kappa shape index (κ1) is 35.0. The largest absolute Gasteiger partial charge is 0.309 e. The van der Waals surface area contributed by atoms with Gasteiger partial charge in [-0.05, 0) is 84.9 Å². The van der Waals surface area contributed by atoms with Crippen LogP contribution in [-0.4, -0.2) is 23.3 Å². The number of benzene rings is 9. The number of para-hydroxylation sites is 5. The summed E-state index contributed by atoms with van der Waals surface area (Å²) < 4.78 is 9.69. The fourth-order valence-corrected chi connectivity index (χ4v) is 10.7. The quantitative estimate of drug-likeness (QED) is 0.170. The summed E-state index contributed by atoms with van der Waals surface area (Å²) in [7, 11) is 0. The molecule has 0 aliphatic carbocycles. The zero-order chi connectivity index (χ0) is 41.9. The molecule has 5 heteroatoms. The van der Waals surface area contributed by atoms with Crippen molar-refractivity contribution in [3.63, 3.8) is 0 Å². The molecule has 5 heterocycles. The highest BCUT2D eigenvalue weighted by molar-refractivity contribution is 6.26. The summed E-state index contributed by atoms with van der Waals surface area (Å²) in [6.07, 6.45) is 0. The van der Waals surface area contributed by atoms with Crippen LogP contribution in [0.5, 0.6) is 0 Å². The van der Waals surface area contributed by atoms with Gasteiger partial charge in [-0.2, -0.15) is 0 Å². The molecular weight excluding hydrogens is 779 g/mol. The summed E-state index contributed by atoms with van der Waals surface area (Å²) in [4.78, 5) is 5.26. The molecule has 0 amide bonds. The van der Waals surface area contributed by atoms with Crippen LogP contribution in [0, 0.1) is 0 Å².